The average Bonchev–Trinajstić information content (AvgIpc) is 2.69. The highest BCUT2D eigenvalue weighted by Crippen LogP contribution is 2.29. The van der Waals surface area contributed by atoms with Gasteiger partial charge in [-0.3, -0.25) is 9.79 Å². The molecule has 1 amide bonds. The van der Waals surface area contributed by atoms with Crippen molar-refractivity contribution >= 4 is 23.5 Å². The van der Waals surface area contributed by atoms with Gasteiger partial charge in [0, 0.05) is 18.4 Å². The number of benzene rings is 1. The van der Waals surface area contributed by atoms with Gasteiger partial charge in [0.25, 0.3) is 5.91 Å². The largest absolute Gasteiger partial charge is 0.399 e. The second-order valence-electron chi connectivity index (χ2n) is 4.26. The summed E-state index contributed by atoms with van der Waals surface area (Å²) in [6.07, 6.45) is 3.95. The molecule has 0 aliphatic carbocycles. The Morgan fingerprint density at radius 3 is 3.19 bits per heavy atom. The molecule has 82 valence electrons. The van der Waals surface area contributed by atoms with Crippen LogP contribution in [-0.2, 0) is 0 Å². The van der Waals surface area contributed by atoms with Crippen LogP contribution in [0.4, 0.5) is 11.4 Å². The molecule has 2 heterocycles. The van der Waals surface area contributed by atoms with E-state index < -0.39 is 0 Å². The Hall–Kier alpha value is -1.84. The molecule has 2 aliphatic heterocycles. The fraction of sp³-hybridized carbons (Fsp3) is 0.333. The molecule has 0 saturated carbocycles. The van der Waals surface area contributed by atoms with Crippen LogP contribution in [0.3, 0.4) is 0 Å². The van der Waals surface area contributed by atoms with Gasteiger partial charge >= 0.3 is 0 Å². The minimum Gasteiger partial charge on any atom is -0.399 e. The van der Waals surface area contributed by atoms with Crippen LogP contribution >= 0.6 is 0 Å². The second-order valence-corrected chi connectivity index (χ2v) is 4.26. The van der Waals surface area contributed by atoms with Gasteiger partial charge in [0.2, 0.25) is 0 Å². The first-order valence-electron chi connectivity index (χ1n) is 5.50. The van der Waals surface area contributed by atoms with Crippen molar-refractivity contribution in [2.75, 3.05) is 12.3 Å². The third kappa shape index (κ3) is 1.30. The van der Waals surface area contributed by atoms with Crippen molar-refractivity contribution in [2.45, 2.75) is 18.9 Å². The number of rotatable bonds is 0. The summed E-state index contributed by atoms with van der Waals surface area (Å²) in [5.41, 5.74) is 7.70. The summed E-state index contributed by atoms with van der Waals surface area (Å²) in [5, 5.41) is 0. The van der Waals surface area contributed by atoms with Crippen molar-refractivity contribution in [3.63, 3.8) is 0 Å². The summed E-state index contributed by atoms with van der Waals surface area (Å²) in [6.45, 7) is 0.833. The van der Waals surface area contributed by atoms with Gasteiger partial charge < -0.3 is 10.6 Å². The molecule has 0 spiro atoms. The number of fused-ring (bicyclic) bond motifs is 2. The van der Waals surface area contributed by atoms with E-state index in [0.29, 0.717) is 16.9 Å². The Labute approximate surface area is 93.8 Å². The Morgan fingerprint density at radius 1 is 1.44 bits per heavy atom. The molecule has 2 aliphatic rings. The van der Waals surface area contributed by atoms with Crippen molar-refractivity contribution in [3.8, 4) is 0 Å². The highest BCUT2D eigenvalue weighted by molar-refractivity contribution is 6.03. The highest BCUT2D eigenvalue weighted by Gasteiger charge is 2.31. The van der Waals surface area contributed by atoms with Crippen LogP contribution in [0.25, 0.3) is 0 Å². The zero-order valence-electron chi connectivity index (χ0n) is 8.89. The lowest BCUT2D eigenvalue weighted by molar-refractivity contribution is 0.0775. The van der Waals surface area contributed by atoms with E-state index in [9.17, 15) is 4.79 Å². The lowest BCUT2D eigenvalue weighted by atomic mass is 10.1. The topological polar surface area (TPSA) is 58.7 Å². The number of nitrogens with two attached hydrogens (primary N) is 1. The van der Waals surface area contributed by atoms with Crippen LogP contribution in [0.2, 0.25) is 0 Å². The highest BCUT2D eigenvalue weighted by atomic mass is 16.2. The molecule has 1 aromatic rings. The fourth-order valence-corrected chi connectivity index (χ4v) is 2.36. The van der Waals surface area contributed by atoms with Crippen LogP contribution in [0.5, 0.6) is 0 Å². The van der Waals surface area contributed by atoms with Crippen molar-refractivity contribution in [2.24, 2.45) is 4.99 Å². The smallest absolute Gasteiger partial charge is 0.256 e. The van der Waals surface area contributed by atoms with Crippen LogP contribution in [0.15, 0.2) is 23.2 Å². The Balaban J connectivity index is 2.12. The number of hydrogen-bond donors (Lipinski definition) is 1. The number of anilines is 1. The molecule has 16 heavy (non-hydrogen) atoms. The summed E-state index contributed by atoms with van der Waals surface area (Å²) in [4.78, 5) is 18.5. The maximum absolute atomic E-state index is 12.2. The van der Waals surface area contributed by atoms with E-state index in [1.807, 2.05) is 11.1 Å². The molecule has 1 fully saturated rings. The minimum absolute atomic E-state index is 0.0787. The number of carbonyl (C=O) groups is 1. The zero-order chi connectivity index (χ0) is 11.1. The van der Waals surface area contributed by atoms with Crippen LogP contribution < -0.4 is 5.73 Å². The van der Waals surface area contributed by atoms with Gasteiger partial charge in [0.05, 0.1) is 17.3 Å². The van der Waals surface area contributed by atoms with Crippen LogP contribution in [-0.4, -0.2) is 29.6 Å². The number of carbonyl (C=O) groups excluding carboxylic acids is 1. The number of nitrogen functional groups attached to an aromatic ring is 1. The Morgan fingerprint density at radius 2 is 2.31 bits per heavy atom. The van der Waals surface area contributed by atoms with E-state index in [2.05, 4.69) is 4.99 Å². The molecule has 2 N–H and O–H groups in total. The molecular weight excluding hydrogens is 202 g/mol. The average molecular weight is 215 g/mol. The molecule has 0 aromatic heterocycles. The summed E-state index contributed by atoms with van der Waals surface area (Å²) >= 11 is 0. The third-order valence-corrected chi connectivity index (χ3v) is 3.20. The van der Waals surface area contributed by atoms with E-state index in [0.717, 1.165) is 19.4 Å². The molecule has 0 bridgehead atoms. The fourth-order valence-electron chi connectivity index (χ4n) is 2.36. The lowest BCUT2D eigenvalue weighted by Gasteiger charge is -2.19. The van der Waals surface area contributed by atoms with E-state index in [4.69, 9.17) is 5.73 Å². The lowest BCUT2D eigenvalue weighted by Crippen LogP contribution is -2.35. The molecule has 1 atom stereocenters. The van der Waals surface area contributed by atoms with Gasteiger partial charge in [-0.1, -0.05) is 0 Å². The SMILES string of the molecule is Nc1ccc2c(c1)N=C[C@@H]1CCCN1C2=O. The molecule has 3 rings (SSSR count). The van der Waals surface area contributed by atoms with Gasteiger partial charge in [-0.25, -0.2) is 0 Å². The number of amides is 1. The predicted molar refractivity (Wildman–Crippen MR) is 63.1 cm³/mol. The zero-order valence-corrected chi connectivity index (χ0v) is 8.89. The van der Waals surface area contributed by atoms with Gasteiger partial charge in [-0.2, -0.15) is 0 Å². The van der Waals surface area contributed by atoms with Crippen molar-refractivity contribution in [3.05, 3.63) is 23.8 Å². The molecular formula is C12H13N3O. The Bertz CT molecular complexity index is 481. The normalized spacial score (nSPS) is 22.9. The van der Waals surface area contributed by atoms with E-state index in [-0.39, 0.29) is 11.9 Å². The molecule has 1 aromatic carbocycles. The molecule has 4 heteroatoms. The summed E-state index contributed by atoms with van der Waals surface area (Å²) in [5.74, 6) is 0.0787. The van der Waals surface area contributed by atoms with Crippen molar-refractivity contribution in [1.82, 2.24) is 4.90 Å². The first-order valence-corrected chi connectivity index (χ1v) is 5.50. The number of hydrogen-bond acceptors (Lipinski definition) is 3. The van der Waals surface area contributed by atoms with Gasteiger partial charge in [-0.15, -0.1) is 0 Å². The van der Waals surface area contributed by atoms with Gasteiger partial charge in [0.15, 0.2) is 0 Å². The Kier molecular flexibility index (Phi) is 1.96. The van der Waals surface area contributed by atoms with Crippen molar-refractivity contribution < 1.29 is 4.79 Å². The summed E-state index contributed by atoms with van der Waals surface area (Å²) in [6, 6.07) is 5.45. The van der Waals surface area contributed by atoms with E-state index in [1.54, 1.807) is 18.2 Å². The van der Waals surface area contributed by atoms with Crippen molar-refractivity contribution in [1.29, 1.82) is 0 Å². The van der Waals surface area contributed by atoms with Crippen LogP contribution in [0, 0.1) is 0 Å². The molecule has 0 unspecified atom stereocenters. The standard InChI is InChI=1S/C12H13N3O/c13-8-3-4-10-11(6-8)14-7-9-2-1-5-15(9)12(10)16/h3-4,6-7,9H,1-2,5,13H2/t9-/m0/s1. The van der Waals surface area contributed by atoms with E-state index in [1.165, 1.54) is 0 Å². The minimum atomic E-state index is 0.0787. The number of aliphatic imine (C=N–C) groups is 1. The van der Waals surface area contributed by atoms with Gasteiger partial charge in [0.1, 0.15) is 0 Å². The second kappa shape index (κ2) is 3.33. The summed E-state index contributed by atoms with van der Waals surface area (Å²) < 4.78 is 0. The maximum Gasteiger partial charge on any atom is 0.256 e. The number of nitrogens with zero attached hydrogens (tertiary/aromatic N) is 2. The third-order valence-electron chi connectivity index (χ3n) is 3.20. The first kappa shape index (κ1) is 9.39. The van der Waals surface area contributed by atoms with E-state index >= 15 is 0 Å². The molecule has 4 nitrogen and oxygen atoms in total. The maximum atomic E-state index is 12.2. The quantitative estimate of drug-likeness (QED) is 0.668. The monoisotopic (exact) mass is 215 g/mol. The van der Waals surface area contributed by atoms with Gasteiger partial charge in [-0.05, 0) is 31.0 Å². The predicted octanol–water partition coefficient (Wildman–Crippen LogP) is 1.59. The summed E-state index contributed by atoms with van der Waals surface area (Å²) in [7, 11) is 0. The molecule has 0 radical (unpaired) electrons. The first-order chi connectivity index (χ1) is 7.75. The van der Waals surface area contributed by atoms with Crippen LogP contribution in [0.1, 0.15) is 23.2 Å². The molecule has 1 saturated heterocycles.